The molecular formula is C23H25F3N4O4. The summed E-state index contributed by atoms with van der Waals surface area (Å²) in [7, 11) is 3.98. The number of halogens is 3. The average molecular weight is 478 g/mol. The Morgan fingerprint density at radius 1 is 1.09 bits per heavy atom. The van der Waals surface area contributed by atoms with E-state index >= 15 is 0 Å². The number of hydrogen-bond donors (Lipinski definition) is 2. The van der Waals surface area contributed by atoms with E-state index in [0.717, 1.165) is 22.9 Å². The quantitative estimate of drug-likeness (QED) is 0.585. The highest BCUT2D eigenvalue weighted by Gasteiger charge is 2.46. The number of β-amino-alcohol motifs (C(OH)–C–C–N with tert-alkyl or cyclic N) is 1. The van der Waals surface area contributed by atoms with Crippen molar-refractivity contribution < 1.29 is 33.0 Å². The van der Waals surface area contributed by atoms with Crippen molar-refractivity contribution in [2.45, 2.75) is 18.3 Å². The minimum absolute atomic E-state index is 0.0869. The van der Waals surface area contributed by atoms with Crippen LogP contribution < -0.4 is 0 Å². The number of hydrogen-bond acceptors (Lipinski definition) is 5. The molecule has 3 aromatic rings. The number of aromatic nitrogens is 2. The molecule has 1 fully saturated rings. The van der Waals surface area contributed by atoms with E-state index in [-0.39, 0.29) is 5.91 Å². The number of carboxylic acids is 1. The fourth-order valence-electron chi connectivity index (χ4n) is 3.68. The van der Waals surface area contributed by atoms with Crippen molar-refractivity contribution in [2.24, 2.45) is 0 Å². The maximum absolute atomic E-state index is 12.9. The van der Waals surface area contributed by atoms with Gasteiger partial charge < -0.3 is 20.0 Å². The summed E-state index contributed by atoms with van der Waals surface area (Å²) in [6, 6.07) is 15.7. The van der Waals surface area contributed by atoms with E-state index in [1.165, 1.54) is 0 Å². The van der Waals surface area contributed by atoms with Gasteiger partial charge >= 0.3 is 12.1 Å². The summed E-state index contributed by atoms with van der Waals surface area (Å²) in [6.45, 7) is 2.04. The summed E-state index contributed by atoms with van der Waals surface area (Å²) in [6.07, 6.45) is -3.43. The molecule has 2 N–H and O–H groups in total. The summed E-state index contributed by atoms with van der Waals surface area (Å²) in [5.41, 5.74) is 0.438. The number of likely N-dealkylation sites (N-methyl/N-ethyl adjacent to an activating group) is 1. The standard InChI is InChI=1S/C21H24N4O2.C2HF3O2/c1-23(2)12-13-25-19(10-11-22-25)20(26)24-14-21(27,15-24)18-9-5-7-16-6-3-4-8-17(16)18;3-2(4,5)1(6)7/h3-11,27H,12-15H2,1-2H3;(H,6,7). The molecule has 0 radical (unpaired) electrons. The van der Waals surface area contributed by atoms with Crippen LogP contribution in [0.1, 0.15) is 16.1 Å². The molecule has 2 aromatic carbocycles. The van der Waals surface area contributed by atoms with Gasteiger partial charge in [0.05, 0.1) is 19.6 Å². The van der Waals surface area contributed by atoms with Crippen LogP contribution in [0, 0.1) is 0 Å². The van der Waals surface area contributed by atoms with Crippen LogP contribution in [0.15, 0.2) is 54.7 Å². The van der Waals surface area contributed by atoms with Crippen LogP contribution in [-0.2, 0) is 16.9 Å². The largest absolute Gasteiger partial charge is 0.490 e. The molecule has 0 aliphatic carbocycles. The van der Waals surface area contributed by atoms with E-state index in [1.54, 1.807) is 21.8 Å². The van der Waals surface area contributed by atoms with Gasteiger partial charge in [-0.1, -0.05) is 42.5 Å². The lowest BCUT2D eigenvalue weighted by molar-refractivity contribution is -0.192. The number of aliphatic hydroxyl groups is 1. The Bertz CT molecular complexity index is 1160. The van der Waals surface area contributed by atoms with E-state index in [9.17, 15) is 23.1 Å². The molecule has 4 rings (SSSR count). The van der Waals surface area contributed by atoms with Crippen molar-refractivity contribution in [3.63, 3.8) is 0 Å². The monoisotopic (exact) mass is 478 g/mol. The first kappa shape index (κ1) is 25.2. The molecule has 0 spiro atoms. The van der Waals surface area contributed by atoms with Crippen LogP contribution in [0.4, 0.5) is 13.2 Å². The third-order valence-corrected chi connectivity index (χ3v) is 5.42. The second kappa shape index (κ2) is 9.82. The normalized spacial score (nSPS) is 15.0. The number of carbonyl (C=O) groups is 2. The summed E-state index contributed by atoms with van der Waals surface area (Å²) < 4.78 is 33.5. The number of nitrogens with zero attached hydrogens (tertiary/aromatic N) is 4. The predicted octanol–water partition coefficient (Wildman–Crippen LogP) is 2.57. The molecule has 1 aliphatic rings. The average Bonchev–Trinajstić information content (AvgIpc) is 3.23. The van der Waals surface area contributed by atoms with Crippen LogP contribution in [0.2, 0.25) is 0 Å². The third-order valence-electron chi connectivity index (χ3n) is 5.42. The molecule has 0 bridgehead atoms. The Hall–Kier alpha value is -3.44. The van der Waals surface area contributed by atoms with Crippen molar-refractivity contribution in [2.75, 3.05) is 33.7 Å². The zero-order valence-corrected chi connectivity index (χ0v) is 18.7. The molecule has 1 amide bonds. The molecule has 8 nitrogen and oxygen atoms in total. The zero-order chi connectivity index (χ0) is 25.1. The molecule has 1 saturated heterocycles. The van der Waals surface area contributed by atoms with Crippen molar-refractivity contribution in [1.29, 1.82) is 0 Å². The topological polar surface area (TPSA) is 98.9 Å². The highest BCUT2D eigenvalue weighted by molar-refractivity contribution is 5.94. The Labute approximate surface area is 193 Å². The van der Waals surface area contributed by atoms with Gasteiger partial charge in [-0.05, 0) is 36.5 Å². The van der Waals surface area contributed by atoms with Gasteiger partial charge in [-0.15, -0.1) is 0 Å². The lowest BCUT2D eigenvalue weighted by Gasteiger charge is -2.47. The smallest absolute Gasteiger partial charge is 0.475 e. The first-order valence-corrected chi connectivity index (χ1v) is 10.4. The van der Waals surface area contributed by atoms with E-state index in [0.29, 0.717) is 25.3 Å². The van der Waals surface area contributed by atoms with E-state index in [2.05, 4.69) is 10.00 Å². The van der Waals surface area contributed by atoms with Crippen molar-refractivity contribution in [3.8, 4) is 0 Å². The van der Waals surface area contributed by atoms with Gasteiger partial charge in [0.1, 0.15) is 11.3 Å². The number of rotatable bonds is 5. The highest BCUT2D eigenvalue weighted by atomic mass is 19.4. The molecule has 34 heavy (non-hydrogen) atoms. The number of carbonyl (C=O) groups excluding carboxylic acids is 1. The Morgan fingerprint density at radius 3 is 2.32 bits per heavy atom. The number of carboxylic acid groups (broad SMARTS) is 1. The van der Waals surface area contributed by atoms with Crippen LogP contribution in [-0.4, -0.2) is 81.6 Å². The number of benzene rings is 2. The molecule has 0 saturated carbocycles. The number of alkyl halides is 3. The second-order valence-corrected chi connectivity index (χ2v) is 8.27. The molecule has 0 unspecified atom stereocenters. The Balaban J connectivity index is 0.000000406. The minimum Gasteiger partial charge on any atom is -0.475 e. The Kier molecular flexibility index (Phi) is 7.27. The van der Waals surface area contributed by atoms with Gasteiger partial charge in [-0.3, -0.25) is 9.48 Å². The van der Waals surface area contributed by atoms with E-state index < -0.39 is 17.7 Å². The van der Waals surface area contributed by atoms with Crippen LogP contribution in [0.25, 0.3) is 10.8 Å². The fraction of sp³-hybridized carbons (Fsp3) is 0.348. The lowest BCUT2D eigenvalue weighted by Crippen LogP contribution is -2.61. The third kappa shape index (κ3) is 5.54. The number of amides is 1. The molecular weight excluding hydrogens is 453 g/mol. The van der Waals surface area contributed by atoms with Gasteiger partial charge in [-0.2, -0.15) is 18.3 Å². The molecule has 11 heteroatoms. The van der Waals surface area contributed by atoms with Crippen molar-refractivity contribution >= 4 is 22.6 Å². The van der Waals surface area contributed by atoms with Crippen molar-refractivity contribution in [3.05, 3.63) is 66.0 Å². The molecule has 0 atom stereocenters. The Morgan fingerprint density at radius 2 is 1.71 bits per heavy atom. The second-order valence-electron chi connectivity index (χ2n) is 8.27. The molecule has 182 valence electrons. The van der Waals surface area contributed by atoms with Gasteiger partial charge in [0, 0.05) is 12.7 Å². The molecule has 2 heterocycles. The lowest BCUT2D eigenvalue weighted by atomic mass is 9.83. The molecule has 1 aromatic heterocycles. The van der Waals surface area contributed by atoms with Crippen LogP contribution >= 0.6 is 0 Å². The first-order chi connectivity index (χ1) is 15.9. The van der Waals surface area contributed by atoms with Gasteiger partial charge in [0.25, 0.3) is 5.91 Å². The zero-order valence-electron chi connectivity index (χ0n) is 18.7. The van der Waals surface area contributed by atoms with E-state index in [4.69, 9.17) is 9.90 Å². The van der Waals surface area contributed by atoms with Crippen LogP contribution in [0.3, 0.4) is 0 Å². The number of likely N-dealkylation sites (tertiary alicyclic amines) is 1. The summed E-state index contributed by atoms with van der Waals surface area (Å²) in [5.74, 6) is -2.84. The summed E-state index contributed by atoms with van der Waals surface area (Å²) >= 11 is 0. The number of aliphatic carboxylic acids is 1. The SMILES string of the molecule is CN(C)CCn1nccc1C(=O)N1CC(O)(c2cccc3ccccc23)C1.O=C(O)C(F)(F)F. The summed E-state index contributed by atoms with van der Waals surface area (Å²) in [5, 5.41) is 24.6. The first-order valence-electron chi connectivity index (χ1n) is 10.4. The fourth-order valence-corrected chi connectivity index (χ4v) is 3.68. The predicted molar refractivity (Wildman–Crippen MR) is 118 cm³/mol. The maximum Gasteiger partial charge on any atom is 0.490 e. The van der Waals surface area contributed by atoms with Gasteiger partial charge in [0.2, 0.25) is 0 Å². The van der Waals surface area contributed by atoms with E-state index in [1.807, 2.05) is 56.6 Å². The van der Waals surface area contributed by atoms with Gasteiger partial charge in [-0.25, -0.2) is 4.79 Å². The molecule has 1 aliphatic heterocycles. The highest BCUT2D eigenvalue weighted by Crippen LogP contribution is 2.36. The maximum atomic E-state index is 12.9. The number of fused-ring (bicyclic) bond motifs is 1. The van der Waals surface area contributed by atoms with Crippen molar-refractivity contribution in [1.82, 2.24) is 19.6 Å². The van der Waals surface area contributed by atoms with Crippen LogP contribution in [0.5, 0.6) is 0 Å². The minimum atomic E-state index is -5.08. The van der Waals surface area contributed by atoms with Gasteiger partial charge in [0.15, 0.2) is 0 Å². The summed E-state index contributed by atoms with van der Waals surface area (Å²) in [4.78, 5) is 25.5.